The molecule has 37 heavy (non-hydrogen) atoms. The van der Waals surface area contributed by atoms with Crippen molar-refractivity contribution in [2.24, 2.45) is 0 Å². The molecule has 4 aromatic rings. The van der Waals surface area contributed by atoms with Crippen LogP contribution in [0.25, 0.3) is 10.9 Å². The Morgan fingerprint density at radius 3 is 2.65 bits per heavy atom. The molecule has 0 saturated carbocycles. The van der Waals surface area contributed by atoms with E-state index in [1.807, 2.05) is 30.3 Å². The summed E-state index contributed by atoms with van der Waals surface area (Å²) in [5, 5.41) is 6.55. The first-order chi connectivity index (χ1) is 17.7. The van der Waals surface area contributed by atoms with Crippen LogP contribution in [0, 0.1) is 6.92 Å². The molecular weight excluding hydrogens is 496 g/mol. The molecule has 190 valence electrons. The molecule has 11 nitrogen and oxygen atoms in total. The van der Waals surface area contributed by atoms with Crippen LogP contribution in [0.3, 0.4) is 0 Å². The first kappa shape index (κ1) is 24.5. The van der Waals surface area contributed by atoms with Crippen molar-refractivity contribution >= 4 is 38.8 Å². The first-order valence-corrected chi connectivity index (χ1v) is 13.2. The lowest BCUT2D eigenvalue weighted by Gasteiger charge is -2.24. The third-order valence-electron chi connectivity index (χ3n) is 6.28. The zero-order chi connectivity index (χ0) is 26.2. The highest BCUT2D eigenvalue weighted by Crippen LogP contribution is 2.27. The van der Waals surface area contributed by atoms with Crippen LogP contribution in [0.5, 0.6) is 0 Å². The average Bonchev–Trinajstić information content (AvgIpc) is 3.35. The second-order valence-corrected chi connectivity index (χ2v) is 10.4. The minimum Gasteiger partial charge on any atom is -0.587 e. The number of rotatable bonds is 7. The summed E-state index contributed by atoms with van der Waals surface area (Å²) < 4.78 is 31.9. The largest absolute Gasteiger partial charge is 0.587 e. The molecule has 1 fully saturated rings. The van der Waals surface area contributed by atoms with Crippen molar-refractivity contribution in [3.8, 4) is 0 Å². The molecule has 0 aliphatic carbocycles. The topological polar surface area (TPSA) is 151 Å². The Morgan fingerprint density at radius 1 is 1.11 bits per heavy atom. The van der Waals surface area contributed by atoms with Crippen molar-refractivity contribution in [1.82, 2.24) is 24.6 Å². The number of imide groups is 1. The fourth-order valence-corrected chi connectivity index (χ4v) is 5.71. The van der Waals surface area contributed by atoms with Crippen LogP contribution in [0.2, 0.25) is 0 Å². The maximum Gasteiger partial charge on any atom is 0.270 e. The van der Waals surface area contributed by atoms with Crippen LogP contribution in [-0.2, 0) is 37.2 Å². The molecule has 2 N–H and O–H groups in total. The van der Waals surface area contributed by atoms with E-state index in [9.17, 15) is 23.1 Å². The molecule has 5 rings (SSSR count). The lowest BCUT2D eigenvalue weighted by Crippen LogP contribution is -2.45. The molecule has 1 aliphatic rings. The molecule has 12 heteroatoms. The van der Waals surface area contributed by atoms with Crippen molar-refractivity contribution in [1.29, 1.82) is 0 Å². The minimum atomic E-state index is -4.07. The van der Waals surface area contributed by atoms with Crippen molar-refractivity contribution in [3.63, 3.8) is 0 Å². The molecule has 2 atom stereocenters. The molecule has 2 amide bonds. The van der Waals surface area contributed by atoms with Crippen LogP contribution >= 0.6 is 0 Å². The lowest BCUT2D eigenvalue weighted by atomic mass is 10.1. The number of carbonyl (C=O) groups excluding carboxylic acids is 2. The SMILES string of the molecule is Cc1nc2c(N[S+](=O)([O-])c3ccnn3CCc3ccccc3)cccc2c(=O)n1C1CCC(=O)NC1=O. The van der Waals surface area contributed by atoms with Gasteiger partial charge in [-0.05, 0) is 37.5 Å². The molecule has 2 aromatic carbocycles. The van der Waals surface area contributed by atoms with Gasteiger partial charge in [-0.3, -0.25) is 24.3 Å². The molecule has 2 unspecified atom stereocenters. The zero-order valence-corrected chi connectivity index (χ0v) is 20.7. The minimum absolute atomic E-state index is 0.0194. The van der Waals surface area contributed by atoms with Crippen LogP contribution in [0.15, 0.2) is 70.6 Å². The summed E-state index contributed by atoms with van der Waals surface area (Å²) >= 11 is 0. The number of aryl methyl sites for hydroxylation is 3. The standard InChI is InChI=1S/C25H24N6O5S/c1-16-27-23-18(25(34)31(16)20-10-11-21(32)28-24(20)33)8-5-9-19(23)29-37(35,36)22-12-14-26-30(22)15-13-17-6-3-2-4-7-17/h2-9,12,14,20H,10-11,13,15H2,1H3,(H2-,28,29,32,33,35,36). The average molecular weight is 521 g/mol. The van der Waals surface area contributed by atoms with Crippen molar-refractivity contribution in [2.75, 3.05) is 4.72 Å². The predicted molar refractivity (Wildman–Crippen MR) is 135 cm³/mol. The third-order valence-corrected chi connectivity index (χ3v) is 7.67. The highest BCUT2D eigenvalue weighted by Gasteiger charge is 2.31. The summed E-state index contributed by atoms with van der Waals surface area (Å²) in [5.74, 6) is -0.727. The van der Waals surface area contributed by atoms with Gasteiger partial charge in [0.2, 0.25) is 11.8 Å². The van der Waals surface area contributed by atoms with Gasteiger partial charge in [-0.15, -0.1) is 0 Å². The molecule has 2 aromatic heterocycles. The van der Waals surface area contributed by atoms with Gasteiger partial charge in [-0.25, -0.2) is 9.67 Å². The van der Waals surface area contributed by atoms with Crippen LogP contribution in [-0.4, -0.2) is 35.7 Å². The lowest BCUT2D eigenvalue weighted by molar-refractivity contribution is -0.135. The molecule has 3 heterocycles. The summed E-state index contributed by atoms with van der Waals surface area (Å²) in [4.78, 5) is 41.8. The number of anilines is 1. The number of hydrogen-bond acceptors (Lipinski definition) is 7. The summed E-state index contributed by atoms with van der Waals surface area (Å²) in [6, 6.07) is 14.8. The molecule has 1 saturated heterocycles. The van der Waals surface area contributed by atoms with Gasteiger partial charge >= 0.3 is 0 Å². The van der Waals surface area contributed by atoms with Gasteiger partial charge in [0.15, 0.2) is 10.4 Å². The number of aromatic nitrogens is 4. The second kappa shape index (κ2) is 9.71. The van der Waals surface area contributed by atoms with Gasteiger partial charge in [0, 0.05) is 12.5 Å². The Morgan fingerprint density at radius 2 is 1.89 bits per heavy atom. The highest BCUT2D eigenvalue weighted by atomic mass is 32.3. The van der Waals surface area contributed by atoms with Crippen molar-refractivity contribution in [2.45, 2.75) is 43.8 Å². The number of sulfonamides is 1. The maximum atomic E-state index is 13.4. The Kier molecular flexibility index (Phi) is 6.44. The summed E-state index contributed by atoms with van der Waals surface area (Å²) in [5.41, 5.74) is 0.845. The Hall–Kier alpha value is -4.16. The van der Waals surface area contributed by atoms with E-state index in [1.54, 1.807) is 13.0 Å². The Bertz CT molecular complexity index is 1610. The Labute approximate surface area is 212 Å². The zero-order valence-electron chi connectivity index (χ0n) is 19.9. The number of hydrogen-bond donors (Lipinski definition) is 2. The third kappa shape index (κ3) is 4.80. The van der Waals surface area contributed by atoms with E-state index in [0.29, 0.717) is 13.0 Å². The summed E-state index contributed by atoms with van der Waals surface area (Å²) in [6.07, 6.45) is 2.31. The van der Waals surface area contributed by atoms with Gasteiger partial charge < -0.3 is 4.55 Å². The van der Waals surface area contributed by atoms with E-state index < -0.39 is 27.9 Å². The van der Waals surface area contributed by atoms with Gasteiger partial charge in [0.1, 0.15) is 23.1 Å². The van der Waals surface area contributed by atoms with Crippen LogP contribution in [0.4, 0.5) is 5.69 Å². The molecule has 1 aliphatic heterocycles. The fourth-order valence-electron chi connectivity index (χ4n) is 4.50. The van der Waals surface area contributed by atoms with Crippen LogP contribution in [0.1, 0.15) is 30.3 Å². The quantitative estimate of drug-likeness (QED) is 0.280. The van der Waals surface area contributed by atoms with E-state index >= 15 is 0 Å². The van der Waals surface area contributed by atoms with Crippen molar-refractivity contribution < 1.29 is 18.4 Å². The monoisotopic (exact) mass is 520 g/mol. The van der Waals surface area contributed by atoms with E-state index in [4.69, 9.17) is 0 Å². The highest BCUT2D eigenvalue weighted by molar-refractivity contribution is 7.98. The second-order valence-electron chi connectivity index (χ2n) is 8.74. The van der Waals surface area contributed by atoms with Crippen molar-refractivity contribution in [3.05, 3.63) is 82.5 Å². The number of nitrogens with zero attached hydrogens (tertiary/aromatic N) is 4. The van der Waals surface area contributed by atoms with Crippen LogP contribution < -0.4 is 15.6 Å². The number of nitrogens with one attached hydrogen (secondary N) is 2. The number of benzene rings is 2. The molecule has 0 spiro atoms. The molecule has 0 bridgehead atoms. The number of piperidine rings is 1. The normalized spacial score (nSPS) is 17.4. The maximum absolute atomic E-state index is 13.4. The summed E-state index contributed by atoms with van der Waals surface area (Å²) in [7, 11) is -4.07. The molecular formula is C25H24N6O5S. The first-order valence-electron chi connectivity index (χ1n) is 11.7. The van der Waals surface area contributed by atoms with E-state index in [0.717, 1.165) is 5.56 Å². The summed E-state index contributed by atoms with van der Waals surface area (Å²) in [6.45, 7) is 1.92. The predicted octanol–water partition coefficient (Wildman–Crippen LogP) is 2.14. The number of para-hydroxylation sites is 1. The van der Waals surface area contributed by atoms with E-state index in [1.165, 1.54) is 33.6 Å². The molecule has 0 radical (unpaired) electrons. The number of carbonyl (C=O) groups is 2. The van der Waals surface area contributed by atoms with Gasteiger partial charge in [0.05, 0.1) is 18.1 Å². The fraction of sp³-hybridized carbons (Fsp3) is 0.240. The smallest absolute Gasteiger partial charge is 0.270 e. The van der Waals surface area contributed by atoms with E-state index in [-0.39, 0.29) is 46.2 Å². The number of amides is 2. The van der Waals surface area contributed by atoms with Gasteiger partial charge in [-0.1, -0.05) is 40.6 Å². The Balaban J connectivity index is 1.46. The van der Waals surface area contributed by atoms with Gasteiger partial charge in [0.25, 0.3) is 10.6 Å². The number of fused-ring (bicyclic) bond motifs is 1. The van der Waals surface area contributed by atoms with Gasteiger partial charge in [-0.2, -0.15) is 9.82 Å². The van der Waals surface area contributed by atoms with E-state index in [2.05, 4.69) is 20.1 Å².